The van der Waals surface area contributed by atoms with Crippen LogP contribution in [0.2, 0.25) is 0 Å². The normalized spacial score (nSPS) is 10.6. The zero-order valence-corrected chi connectivity index (χ0v) is 15.7. The van der Waals surface area contributed by atoms with Crippen molar-refractivity contribution in [1.82, 2.24) is 5.32 Å². The number of benzene rings is 2. The molecule has 0 saturated heterocycles. The second-order valence-electron chi connectivity index (χ2n) is 6.14. The van der Waals surface area contributed by atoms with E-state index in [0.717, 1.165) is 5.75 Å². The van der Waals surface area contributed by atoms with Crippen molar-refractivity contribution < 1.29 is 9.59 Å². The molecule has 5 heteroatoms. The first-order chi connectivity index (χ1) is 12.0. The predicted molar refractivity (Wildman–Crippen MR) is 104 cm³/mol. The Hall–Kier alpha value is -2.27. The van der Waals surface area contributed by atoms with Gasteiger partial charge in [-0.2, -0.15) is 0 Å². The van der Waals surface area contributed by atoms with Gasteiger partial charge < -0.3 is 10.6 Å². The molecule has 0 fully saturated rings. The third kappa shape index (κ3) is 6.27. The Morgan fingerprint density at radius 3 is 2.24 bits per heavy atom. The summed E-state index contributed by atoms with van der Waals surface area (Å²) in [6.45, 7) is 6.34. The average molecular weight is 356 g/mol. The lowest BCUT2D eigenvalue weighted by Crippen LogP contribution is -2.25. The maximum Gasteiger partial charge on any atom is 0.251 e. The highest BCUT2D eigenvalue weighted by atomic mass is 32.2. The van der Waals surface area contributed by atoms with E-state index in [-0.39, 0.29) is 17.7 Å². The molecule has 2 amide bonds. The van der Waals surface area contributed by atoms with Crippen molar-refractivity contribution in [3.05, 3.63) is 59.7 Å². The average Bonchev–Trinajstić information content (AvgIpc) is 2.60. The molecule has 2 aromatic carbocycles. The van der Waals surface area contributed by atoms with Crippen LogP contribution >= 0.6 is 11.8 Å². The van der Waals surface area contributed by atoms with Gasteiger partial charge in [-0.05, 0) is 43.3 Å². The van der Waals surface area contributed by atoms with E-state index < -0.39 is 0 Å². The Bertz CT molecular complexity index is 709. The molecule has 0 radical (unpaired) electrons. The summed E-state index contributed by atoms with van der Waals surface area (Å²) in [4.78, 5) is 25.0. The van der Waals surface area contributed by atoms with Crippen molar-refractivity contribution in [2.24, 2.45) is 5.92 Å². The second-order valence-corrected chi connectivity index (χ2v) is 7.31. The van der Waals surface area contributed by atoms with Crippen molar-refractivity contribution in [3.63, 3.8) is 0 Å². The highest BCUT2D eigenvalue weighted by Gasteiger charge is 2.08. The van der Waals surface area contributed by atoms with Crippen LogP contribution in [0.5, 0.6) is 0 Å². The van der Waals surface area contributed by atoms with Crippen molar-refractivity contribution in [3.8, 4) is 0 Å². The molecule has 0 unspecified atom stereocenters. The first-order valence-corrected chi connectivity index (χ1v) is 9.33. The largest absolute Gasteiger partial charge is 0.351 e. The maximum absolute atomic E-state index is 12.1. The minimum absolute atomic E-state index is 0.0367. The molecule has 0 aliphatic carbocycles. The van der Waals surface area contributed by atoms with E-state index in [4.69, 9.17) is 0 Å². The fourth-order valence-corrected chi connectivity index (χ4v) is 2.83. The number of nitrogens with one attached hydrogen (secondary N) is 2. The second kappa shape index (κ2) is 9.28. The van der Waals surface area contributed by atoms with Crippen molar-refractivity contribution in [2.75, 3.05) is 17.6 Å². The number of hydrogen-bond donors (Lipinski definition) is 2. The molecular formula is C20H24N2O2S. The highest BCUT2D eigenvalue weighted by Crippen LogP contribution is 2.17. The Labute approximate surface area is 153 Å². The molecule has 0 spiro atoms. The molecule has 0 heterocycles. The zero-order valence-electron chi connectivity index (χ0n) is 14.8. The molecule has 25 heavy (non-hydrogen) atoms. The molecule has 2 aromatic rings. The summed E-state index contributed by atoms with van der Waals surface area (Å²) in [5, 5.41) is 5.72. The minimum atomic E-state index is -0.105. The van der Waals surface area contributed by atoms with Gasteiger partial charge in [-0.3, -0.25) is 9.59 Å². The molecule has 132 valence electrons. The van der Waals surface area contributed by atoms with Crippen LogP contribution in [0.15, 0.2) is 53.4 Å². The maximum atomic E-state index is 12.1. The van der Waals surface area contributed by atoms with Gasteiger partial charge in [0.05, 0.1) is 0 Å². The van der Waals surface area contributed by atoms with Gasteiger partial charge in [0.2, 0.25) is 5.91 Å². The van der Waals surface area contributed by atoms with Gasteiger partial charge in [0.15, 0.2) is 0 Å². The van der Waals surface area contributed by atoms with Crippen molar-refractivity contribution in [1.29, 1.82) is 0 Å². The summed E-state index contributed by atoms with van der Waals surface area (Å²) in [5.74, 6) is 0.600. The van der Waals surface area contributed by atoms with Crippen LogP contribution in [-0.4, -0.2) is 24.1 Å². The zero-order chi connectivity index (χ0) is 18.2. The fraction of sp³-hybridized carbons (Fsp3) is 0.300. The molecule has 0 aliphatic rings. The number of rotatable bonds is 7. The lowest BCUT2D eigenvalue weighted by Gasteiger charge is -2.09. The van der Waals surface area contributed by atoms with E-state index in [2.05, 4.69) is 41.8 Å². The number of aryl methyl sites for hydroxylation is 1. The third-order valence-electron chi connectivity index (χ3n) is 3.62. The van der Waals surface area contributed by atoms with E-state index in [9.17, 15) is 9.59 Å². The molecule has 0 saturated carbocycles. The lowest BCUT2D eigenvalue weighted by molar-refractivity contribution is -0.118. The van der Waals surface area contributed by atoms with Gasteiger partial charge in [-0.1, -0.05) is 31.5 Å². The van der Waals surface area contributed by atoms with Crippen LogP contribution in [0.25, 0.3) is 0 Å². The number of hydrogen-bond acceptors (Lipinski definition) is 3. The Morgan fingerprint density at radius 1 is 1.00 bits per heavy atom. The molecule has 0 aliphatic heterocycles. The fourth-order valence-electron chi connectivity index (χ4n) is 2.06. The quantitative estimate of drug-likeness (QED) is 0.580. The summed E-state index contributed by atoms with van der Waals surface area (Å²) in [6.07, 6.45) is 0. The highest BCUT2D eigenvalue weighted by molar-refractivity contribution is 7.99. The summed E-state index contributed by atoms with van der Waals surface area (Å²) < 4.78 is 0. The Balaban J connectivity index is 1.76. The summed E-state index contributed by atoms with van der Waals surface area (Å²) in [5.41, 5.74) is 2.53. The number of anilines is 1. The van der Waals surface area contributed by atoms with E-state index in [1.165, 1.54) is 10.5 Å². The van der Waals surface area contributed by atoms with Crippen LogP contribution in [0.4, 0.5) is 5.69 Å². The number of thioether (sulfide) groups is 1. The summed E-state index contributed by atoms with van der Waals surface area (Å²) in [6, 6.07) is 15.3. The Morgan fingerprint density at radius 2 is 1.64 bits per heavy atom. The van der Waals surface area contributed by atoms with Crippen molar-refractivity contribution in [2.45, 2.75) is 25.7 Å². The van der Waals surface area contributed by atoms with Crippen LogP contribution < -0.4 is 10.6 Å². The van der Waals surface area contributed by atoms with Gasteiger partial charge in [0, 0.05) is 34.4 Å². The first-order valence-electron chi connectivity index (χ1n) is 8.34. The van der Waals surface area contributed by atoms with Crippen LogP contribution in [0, 0.1) is 12.8 Å². The standard InChI is InChI=1S/C20H24N2O2S/c1-14(2)19(23)22-17-8-6-16(7-9-17)20(24)21-12-13-25-18-10-4-15(3)5-11-18/h4-11,14H,12-13H2,1-3H3,(H,21,24)(H,22,23). The third-order valence-corrected chi connectivity index (χ3v) is 4.63. The summed E-state index contributed by atoms with van der Waals surface area (Å²) >= 11 is 1.72. The SMILES string of the molecule is Cc1ccc(SCCNC(=O)c2ccc(NC(=O)C(C)C)cc2)cc1. The van der Waals surface area contributed by atoms with Gasteiger partial charge in [0.25, 0.3) is 5.91 Å². The molecular weight excluding hydrogens is 332 g/mol. The van der Waals surface area contributed by atoms with Crippen LogP contribution in [0.3, 0.4) is 0 Å². The van der Waals surface area contributed by atoms with E-state index >= 15 is 0 Å². The Kier molecular flexibility index (Phi) is 7.07. The minimum Gasteiger partial charge on any atom is -0.351 e. The van der Waals surface area contributed by atoms with Gasteiger partial charge in [0.1, 0.15) is 0 Å². The first kappa shape index (κ1) is 19.1. The van der Waals surface area contributed by atoms with Crippen LogP contribution in [0.1, 0.15) is 29.8 Å². The number of amides is 2. The molecule has 2 N–H and O–H groups in total. The van der Waals surface area contributed by atoms with Crippen LogP contribution in [-0.2, 0) is 4.79 Å². The molecule has 0 aromatic heterocycles. The molecule has 0 atom stereocenters. The van der Waals surface area contributed by atoms with Gasteiger partial charge >= 0.3 is 0 Å². The van der Waals surface area contributed by atoms with Gasteiger partial charge in [-0.15, -0.1) is 11.8 Å². The summed E-state index contributed by atoms with van der Waals surface area (Å²) in [7, 11) is 0. The molecule has 2 rings (SSSR count). The smallest absolute Gasteiger partial charge is 0.251 e. The monoisotopic (exact) mass is 356 g/mol. The van der Waals surface area contributed by atoms with E-state index in [0.29, 0.717) is 17.8 Å². The number of carbonyl (C=O) groups excluding carboxylic acids is 2. The topological polar surface area (TPSA) is 58.2 Å². The predicted octanol–water partition coefficient (Wildman–Crippen LogP) is 4.11. The molecule has 0 bridgehead atoms. The number of carbonyl (C=O) groups is 2. The molecule has 4 nitrogen and oxygen atoms in total. The van der Waals surface area contributed by atoms with E-state index in [1.54, 1.807) is 36.0 Å². The van der Waals surface area contributed by atoms with Crippen molar-refractivity contribution >= 4 is 29.3 Å². The lowest BCUT2D eigenvalue weighted by atomic mass is 10.1. The van der Waals surface area contributed by atoms with E-state index in [1.807, 2.05) is 13.8 Å². The van der Waals surface area contributed by atoms with Gasteiger partial charge in [-0.25, -0.2) is 0 Å².